The molecule has 0 amide bonds. The lowest BCUT2D eigenvalue weighted by molar-refractivity contribution is 0.446. The highest BCUT2D eigenvalue weighted by Crippen LogP contribution is 2.31. The largest absolute Gasteiger partial charge is 0.453 e. The number of allylic oxidation sites excluding steroid dienone is 1. The van der Waals surface area contributed by atoms with Crippen LogP contribution in [0.15, 0.2) is 60.4 Å². The molecule has 34 heavy (non-hydrogen) atoms. The molecule has 0 atom stereocenters. The zero-order valence-electron chi connectivity index (χ0n) is 19.6. The standard InChI is InChI=1S/C25H28FN7O/c1-15(2)13-25(3,4)30-14-17-12-22(33-24(27)32-17)31-16-5-6-21(19(26)11-16)34-20-8-10-29-23-18(20)7-9-28-23/h5-13,30H,14H2,1-4H3,(H,28,29)(H3,27,31,32,33). The Labute approximate surface area is 197 Å². The Balaban J connectivity index is 1.48. The summed E-state index contributed by atoms with van der Waals surface area (Å²) in [5, 5.41) is 7.31. The van der Waals surface area contributed by atoms with Crippen LogP contribution in [-0.2, 0) is 6.54 Å². The van der Waals surface area contributed by atoms with Crippen molar-refractivity contribution in [1.82, 2.24) is 25.3 Å². The lowest BCUT2D eigenvalue weighted by Crippen LogP contribution is -2.37. The monoisotopic (exact) mass is 461 g/mol. The van der Waals surface area contributed by atoms with Crippen LogP contribution in [-0.4, -0.2) is 25.5 Å². The maximum absolute atomic E-state index is 14.8. The van der Waals surface area contributed by atoms with Crippen molar-refractivity contribution in [2.45, 2.75) is 39.8 Å². The third kappa shape index (κ3) is 5.68. The number of aromatic nitrogens is 4. The van der Waals surface area contributed by atoms with Gasteiger partial charge in [-0.2, -0.15) is 4.98 Å². The molecule has 9 heteroatoms. The van der Waals surface area contributed by atoms with Gasteiger partial charge in [-0.1, -0.05) is 11.6 Å². The van der Waals surface area contributed by atoms with Gasteiger partial charge in [0, 0.05) is 42.3 Å². The molecule has 3 heterocycles. The minimum atomic E-state index is -0.516. The quantitative estimate of drug-likeness (QED) is 0.258. The highest BCUT2D eigenvalue weighted by Gasteiger charge is 2.15. The topological polar surface area (TPSA) is 114 Å². The van der Waals surface area contributed by atoms with Gasteiger partial charge in [-0.05, 0) is 52.0 Å². The molecule has 176 valence electrons. The number of rotatable bonds is 8. The summed E-state index contributed by atoms with van der Waals surface area (Å²) in [5.74, 6) is 0.712. The third-order valence-corrected chi connectivity index (χ3v) is 5.02. The number of ether oxygens (including phenoxy) is 1. The number of pyridine rings is 1. The van der Waals surface area contributed by atoms with E-state index in [9.17, 15) is 4.39 Å². The van der Waals surface area contributed by atoms with Crippen LogP contribution in [0.1, 0.15) is 33.4 Å². The Morgan fingerprint density at radius 3 is 2.74 bits per heavy atom. The lowest BCUT2D eigenvalue weighted by atomic mass is 10.0. The number of aromatic amines is 1. The number of nitrogens with one attached hydrogen (secondary N) is 3. The average molecular weight is 462 g/mol. The smallest absolute Gasteiger partial charge is 0.222 e. The van der Waals surface area contributed by atoms with Gasteiger partial charge in [-0.3, -0.25) is 0 Å². The summed E-state index contributed by atoms with van der Waals surface area (Å²) in [4.78, 5) is 15.7. The molecule has 0 aliphatic rings. The lowest BCUT2D eigenvalue weighted by Gasteiger charge is -2.23. The van der Waals surface area contributed by atoms with Crippen LogP contribution in [0.3, 0.4) is 0 Å². The molecular weight excluding hydrogens is 433 g/mol. The highest BCUT2D eigenvalue weighted by molar-refractivity contribution is 5.82. The summed E-state index contributed by atoms with van der Waals surface area (Å²) in [6.45, 7) is 8.79. The van der Waals surface area contributed by atoms with Crippen molar-refractivity contribution < 1.29 is 9.13 Å². The molecule has 4 aromatic rings. The maximum Gasteiger partial charge on any atom is 0.222 e. The molecule has 1 aromatic carbocycles. The number of hydrogen-bond acceptors (Lipinski definition) is 7. The Morgan fingerprint density at radius 2 is 1.97 bits per heavy atom. The summed E-state index contributed by atoms with van der Waals surface area (Å²) in [6, 6.07) is 9.93. The van der Waals surface area contributed by atoms with E-state index in [1.807, 2.05) is 6.07 Å². The van der Waals surface area contributed by atoms with Crippen molar-refractivity contribution in [3.63, 3.8) is 0 Å². The van der Waals surface area contributed by atoms with Gasteiger partial charge in [0.15, 0.2) is 11.6 Å². The molecule has 5 N–H and O–H groups in total. The molecule has 4 rings (SSSR count). The van der Waals surface area contributed by atoms with E-state index in [-0.39, 0.29) is 17.2 Å². The van der Waals surface area contributed by atoms with Crippen molar-refractivity contribution in [1.29, 1.82) is 0 Å². The molecule has 0 saturated carbocycles. The Hall–Kier alpha value is -3.98. The fraction of sp³-hybridized carbons (Fsp3) is 0.240. The van der Waals surface area contributed by atoms with E-state index in [0.29, 0.717) is 29.4 Å². The highest BCUT2D eigenvalue weighted by atomic mass is 19.1. The van der Waals surface area contributed by atoms with Gasteiger partial charge in [0.05, 0.1) is 11.1 Å². The van der Waals surface area contributed by atoms with Crippen LogP contribution in [0.25, 0.3) is 11.0 Å². The van der Waals surface area contributed by atoms with Crippen LogP contribution in [0.4, 0.5) is 21.8 Å². The second-order valence-corrected chi connectivity index (χ2v) is 8.82. The Kier molecular flexibility index (Phi) is 6.47. The molecule has 0 spiro atoms. The van der Waals surface area contributed by atoms with Crippen molar-refractivity contribution in [3.8, 4) is 11.5 Å². The Morgan fingerprint density at radius 1 is 1.15 bits per heavy atom. The zero-order valence-corrected chi connectivity index (χ0v) is 19.6. The normalized spacial score (nSPS) is 11.4. The summed E-state index contributed by atoms with van der Waals surface area (Å²) in [5.41, 5.74) is 8.83. The maximum atomic E-state index is 14.8. The van der Waals surface area contributed by atoms with Gasteiger partial charge < -0.3 is 26.1 Å². The number of fused-ring (bicyclic) bond motifs is 1. The average Bonchev–Trinajstić information content (AvgIpc) is 3.23. The predicted molar refractivity (Wildman–Crippen MR) is 133 cm³/mol. The van der Waals surface area contributed by atoms with Crippen LogP contribution in [0, 0.1) is 5.82 Å². The summed E-state index contributed by atoms with van der Waals surface area (Å²) in [7, 11) is 0. The first-order valence-corrected chi connectivity index (χ1v) is 10.9. The first-order valence-electron chi connectivity index (χ1n) is 10.9. The number of nitrogens with zero attached hydrogens (tertiary/aromatic N) is 3. The van der Waals surface area contributed by atoms with E-state index in [0.717, 1.165) is 11.1 Å². The van der Waals surface area contributed by atoms with Crippen molar-refractivity contribution in [2.75, 3.05) is 11.1 Å². The SMILES string of the molecule is CC(C)=CC(C)(C)NCc1cc(Nc2ccc(Oc3ccnc4[nH]ccc34)c(F)c2)nc(N)n1. The second-order valence-electron chi connectivity index (χ2n) is 8.82. The van der Waals surface area contributed by atoms with Crippen LogP contribution < -0.4 is 21.1 Å². The molecule has 0 aliphatic heterocycles. The summed E-state index contributed by atoms with van der Waals surface area (Å²) < 4.78 is 20.6. The van der Waals surface area contributed by atoms with E-state index in [1.54, 1.807) is 36.7 Å². The minimum absolute atomic E-state index is 0.104. The van der Waals surface area contributed by atoms with E-state index >= 15 is 0 Å². The molecule has 0 unspecified atom stereocenters. The van der Waals surface area contributed by atoms with Gasteiger partial charge in [0.1, 0.15) is 17.2 Å². The van der Waals surface area contributed by atoms with E-state index in [1.165, 1.54) is 11.6 Å². The summed E-state index contributed by atoms with van der Waals surface area (Å²) in [6.07, 6.45) is 5.51. The van der Waals surface area contributed by atoms with Crippen molar-refractivity contribution in [2.24, 2.45) is 0 Å². The molecular formula is C25H28FN7O. The van der Waals surface area contributed by atoms with Crippen molar-refractivity contribution >= 4 is 28.5 Å². The Bertz CT molecular complexity index is 1340. The van der Waals surface area contributed by atoms with Crippen LogP contribution in [0.5, 0.6) is 11.5 Å². The number of H-pyrrole nitrogens is 1. The van der Waals surface area contributed by atoms with Gasteiger partial charge in [0.25, 0.3) is 0 Å². The molecule has 3 aromatic heterocycles. The van der Waals surface area contributed by atoms with Gasteiger partial charge in [-0.25, -0.2) is 14.4 Å². The van der Waals surface area contributed by atoms with Crippen LogP contribution in [0.2, 0.25) is 0 Å². The molecule has 0 radical (unpaired) electrons. The fourth-order valence-corrected chi connectivity index (χ4v) is 3.72. The number of halogens is 1. The van der Waals surface area contributed by atoms with Crippen molar-refractivity contribution in [3.05, 3.63) is 72.0 Å². The molecule has 0 fully saturated rings. The van der Waals surface area contributed by atoms with Crippen LogP contribution >= 0.6 is 0 Å². The first-order chi connectivity index (χ1) is 16.2. The number of nitrogens with two attached hydrogens (primary N) is 1. The number of nitrogen functional groups attached to an aromatic ring is 1. The van der Waals surface area contributed by atoms with E-state index < -0.39 is 5.82 Å². The molecule has 0 bridgehead atoms. The molecule has 0 aliphatic carbocycles. The van der Waals surface area contributed by atoms with Gasteiger partial charge >= 0.3 is 0 Å². The number of hydrogen-bond donors (Lipinski definition) is 4. The van der Waals surface area contributed by atoms with E-state index in [2.05, 4.69) is 64.3 Å². The first kappa shape index (κ1) is 23.2. The fourth-order valence-electron chi connectivity index (χ4n) is 3.72. The molecule has 8 nitrogen and oxygen atoms in total. The van der Waals surface area contributed by atoms with Gasteiger partial charge in [-0.15, -0.1) is 0 Å². The predicted octanol–water partition coefficient (Wildman–Crippen LogP) is 5.44. The molecule has 0 saturated heterocycles. The number of benzene rings is 1. The second kappa shape index (κ2) is 9.48. The third-order valence-electron chi connectivity index (χ3n) is 5.02. The van der Waals surface area contributed by atoms with E-state index in [4.69, 9.17) is 10.5 Å². The number of anilines is 3. The minimum Gasteiger partial charge on any atom is -0.453 e. The summed E-state index contributed by atoms with van der Waals surface area (Å²) >= 11 is 0. The zero-order chi connectivity index (χ0) is 24.3. The van der Waals surface area contributed by atoms with Gasteiger partial charge in [0.2, 0.25) is 5.95 Å².